The Labute approximate surface area is 145 Å². The summed E-state index contributed by atoms with van der Waals surface area (Å²) >= 11 is 0. The van der Waals surface area contributed by atoms with Crippen molar-refractivity contribution in [1.29, 1.82) is 0 Å². The number of benzene rings is 2. The number of aryl methyl sites for hydroxylation is 3. The van der Waals surface area contributed by atoms with Gasteiger partial charge in [-0.3, -0.25) is 4.79 Å². The van der Waals surface area contributed by atoms with Gasteiger partial charge in [0, 0.05) is 5.69 Å². The lowest BCUT2D eigenvalue weighted by atomic mass is 10.0. The molecule has 0 saturated carbocycles. The summed E-state index contributed by atoms with van der Waals surface area (Å²) in [6.45, 7) is 12.1. The number of carbonyl (C=O) groups is 1. The third-order valence-electron chi connectivity index (χ3n) is 4.24. The second-order valence-electron chi connectivity index (χ2n) is 6.74. The number of rotatable bonds is 5. The van der Waals surface area contributed by atoms with E-state index < -0.39 is 6.10 Å². The number of amides is 1. The van der Waals surface area contributed by atoms with Gasteiger partial charge >= 0.3 is 0 Å². The second kappa shape index (κ2) is 7.52. The van der Waals surface area contributed by atoms with Crippen LogP contribution in [0.15, 0.2) is 36.4 Å². The molecule has 128 valence electrons. The summed E-state index contributed by atoms with van der Waals surface area (Å²) in [6, 6.07) is 12.0. The molecule has 0 radical (unpaired) electrons. The topological polar surface area (TPSA) is 38.3 Å². The minimum absolute atomic E-state index is 0.144. The molecule has 2 aromatic rings. The lowest BCUT2D eigenvalue weighted by molar-refractivity contribution is -0.122. The second-order valence-corrected chi connectivity index (χ2v) is 6.74. The van der Waals surface area contributed by atoms with Gasteiger partial charge in [-0.25, -0.2) is 0 Å². The predicted molar refractivity (Wildman–Crippen MR) is 99.9 cm³/mol. The monoisotopic (exact) mass is 325 g/mol. The molecule has 0 aromatic heterocycles. The molecule has 3 nitrogen and oxygen atoms in total. The van der Waals surface area contributed by atoms with Crippen molar-refractivity contribution >= 4 is 11.6 Å². The van der Waals surface area contributed by atoms with Crippen LogP contribution in [0.3, 0.4) is 0 Å². The quantitative estimate of drug-likeness (QED) is 0.826. The fourth-order valence-corrected chi connectivity index (χ4v) is 2.53. The summed E-state index contributed by atoms with van der Waals surface area (Å²) < 4.78 is 5.96. The van der Waals surface area contributed by atoms with Crippen molar-refractivity contribution in [1.82, 2.24) is 0 Å². The number of hydrogen-bond donors (Lipinski definition) is 1. The Balaban J connectivity index is 2.11. The van der Waals surface area contributed by atoms with Gasteiger partial charge in [-0.1, -0.05) is 32.0 Å². The predicted octanol–water partition coefficient (Wildman–Crippen LogP) is 5.14. The van der Waals surface area contributed by atoms with E-state index in [1.54, 1.807) is 6.92 Å². The van der Waals surface area contributed by atoms with Crippen molar-refractivity contribution < 1.29 is 9.53 Å². The Morgan fingerprint density at radius 2 is 1.67 bits per heavy atom. The Morgan fingerprint density at radius 3 is 2.29 bits per heavy atom. The molecule has 0 aliphatic heterocycles. The Hall–Kier alpha value is -2.29. The molecule has 1 atom stereocenters. The van der Waals surface area contributed by atoms with Crippen LogP contribution in [0, 0.1) is 20.8 Å². The van der Waals surface area contributed by atoms with Crippen molar-refractivity contribution in [2.45, 2.75) is 53.6 Å². The van der Waals surface area contributed by atoms with Crippen LogP contribution in [-0.2, 0) is 4.79 Å². The summed E-state index contributed by atoms with van der Waals surface area (Å²) in [5.74, 6) is 0.984. The summed E-state index contributed by atoms with van der Waals surface area (Å²) in [7, 11) is 0. The number of anilines is 1. The van der Waals surface area contributed by atoms with Crippen LogP contribution >= 0.6 is 0 Å². The fourth-order valence-electron chi connectivity index (χ4n) is 2.53. The molecule has 1 N–H and O–H groups in total. The number of hydrogen-bond acceptors (Lipinski definition) is 2. The summed E-state index contributed by atoms with van der Waals surface area (Å²) in [6.07, 6.45) is -0.564. The van der Waals surface area contributed by atoms with Crippen molar-refractivity contribution in [3.8, 4) is 5.75 Å². The molecule has 0 saturated heterocycles. The van der Waals surface area contributed by atoms with Crippen LogP contribution < -0.4 is 10.1 Å². The molecule has 1 amide bonds. The number of ether oxygens (including phenoxy) is 1. The van der Waals surface area contributed by atoms with Gasteiger partial charge in [0.05, 0.1) is 0 Å². The van der Waals surface area contributed by atoms with E-state index in [-0.39, 0.29) is 5.91 Å². The smallest absolute Gasteiger partial charge is 0.265 e. The molecular formula is C21H27NO2. The molecule has 3 heteroatoms. The normalized spacial score (nSPS) is 12.1. The SMILES string of the molecule is Cc1ccc(C(C)C)c(O[C@@H](C)C(=O)Nc2ccc(C)c(C)c2)c1. The minimum Gasteiger partial charge on any atom is -0.481 e. The Morgan fingerprint density at radius 1 is 0.958 bits per heavy atom. The van der Waals surface area contributed by atoms with Crippen LogP contribution in [0.5, 0.6) is 5.75 Å². The van der Waals surface area contributed by atoms with E-state index in [9.17, 15) is 4.79 Å². The first-order chi connectivity index (χ1) is 11.3. The van der Waals surface area contributed by atoms with E-state index in [1.807, 2.05) is 38.1 Å². The van der Waals surface area contributed by atoms with Crippen molar-refractivity contribution in [2.75, 3.05) is 5.32 Å². The third-order valence-corrected chi connectivity index (χ3v) is 4.24. The molecule has 0 aliphatic carbocycles. The molecule has 0 unspecified atom stereocenters. The van der Waals surface area contributed by atoms with Gasteiger partial charge in [-0.05, 0) is 74.1 Å². The van der Waals surface area contributed by atoms with Gasteiger partial charge in [0.2, 0.25) is 0 Å². The fraction of sp³-hybridized carbons (Fsp3) is 0.381. The maximum Gasteiger partial charge on any atom is 0.265 e. The first-order valence-electron chi connectivity index (χ1n) is 8.43. The van der Waals surface area contributed by atoms with Gasteiger partial charge in [0.25, 0.3) is 5.91 Å². The molecule has 2 rings (SSSR count). The average Bonchev–Trinajstić information content (AvgIpc) is 2.50. The number of carbonyl (C=O) groups excluding carboxylic acids is 1. The van der Waals surface area contributed by atoms with Gasteiger partial charge in [-0.2, -0.15) is 0 Å². The average molecular weight is 325 g/mol. The van der Waals surface area contributed by atoms with E-state index in [1.165, 1.54) is 5.56 Å². The summed E-state index contributed by atoms with van der Waals surface area (Å²) in [4.78, 5) is 12.4. The molecule has 2 aromatic carbocycles. The number of nitrogens with one attached hydrogen (secondary N) is 1. The molecule has 0 heterocycles. The molecular weight excluding hydrogens is 298 g/mol. The van der Waals surface area contributed by atoms with Crippen molar-refractivity contribution in [3.05, 3.63) is 58.7 Å². The Bertz CT molecular complexity index is 735. The first-order valence-corrected chi connectivity index (χ1v) is 8.43. The zero-order chi connectivity index (χ0) is 17.9. The standard InChI is InChI=1S/C21H27NO2/c1-13(2)19-10-7-14(3)11-20(19)24-17(6)21(23)22-18-9-8-15(4)16(5)12-18/h7-13,17H,1-6H3,(H,22,23)/t17-/m0/s1. The van der Waals surface area contributed by atoms with Crippen LogP contribution in [0.4, 0.5) is 5.69 Å². The van der Waals surface area contributed by atoms with Crippen molar-refractivity contribution in [3.63, 3.8) is 0 Å². The van der Waals surface area contributed by atoms with Crippen LogP contribution in [0.25, 0.3) is 0 Å². The lowest BCUT2D eigenvalue weighted by Crippen LogP contribution is -2.30. The maximum absolute atomic E-state index is 12.4. The third kappa shape index (κ3) is 4.38. The summed E-state index contributed by atoms with van der Waals surface area (Å²) in [5.41, 5.74) is 5.40. The zero-order valence-corrected chi connectivity index (χ0v) is 15.4. The largest absolute Gasteiger partial charge is 0.481 e. The molecule has 0 aliphatic rings. The van der Waals surface area contributed by atoms with Gasteiger partial charge in [-0.15, -0.1) is 0 Å². The summed E-state index contributed by atoms with van der Waals surface area (Å²) in [5, 5.41) is 2.93. The van der Waals surface area contributed by atoms with E-state index >= 15 is 0 Å². The minimum atomic E-state index is -0.564. The zero-order valence-electron chi connectivity index (χ0n) is 15.4. The van der Waals surface area contributed by atoms with E-state index in [0.29, 0.717) is 5.92 Å². The molecule has 0 spiro atoms. The van der Waals surface area contributed by atoms with Crippen LogP contribution in [-0.4, -0.2) is 12.0 Å². The highest BCUT2D eigenvalue weighted by atomic mass is 16.5. The first kappa shape index (κ1) is 18.1. The van der Waals surface area contributed by atoms with E-state index in [2.05, 4.69) is 38.2 Å². The van der Waals surface area contributed by atoms with E-state index in [4.69, 9.17) is 4.74 Å². The van der Waals surface area contributed by atoms with E-state index in [0.717, 1.165) is 28.1 Å². The highest BCUT2D eigenvalue weighted by Gasteiger charge is 2.18. The van der Waals surface area contributed by atoms with Gasteiger partial charge in [0.15, 0.2) is 6.10 Å². The highest BCUT2D eigenvalue weighted by Crippen LogP contribution is 2.28. The van der Waals surface area contributed by atoms with Gasteiger partial charge in [0.1, 0.15) is 5.75 Å². The maximum atomic E-state index is 12.4. The van der Waals surface area contributed by atoms with Crippen LogP contribution in [0.1, 0.15) is 48.9 Å². The highest BCUT2D eigenvalue weighted by molar-refractivity contribution is 5.94. The van der Waals surface area contributed by atoms with Crippen molar-refractivity contribution in [2.24, 2.45) is 0 Å². The molecule has 0 fully saturated rings. The lowest BCUT2D eigenvalue weighted by Gasteiger charge is -2.19. The molecule has 24 heavy (non-hydrogen) atoms. The van der Waals surface area contributed by atoms with Crippen LogP contribution in [0.2, 0.25) is 0 Å². The van der Waals surface area contributed by atoms with Gasteiger partial charge < -0.3 is 10.1 Å². The molecule has 0 bridgehead atoms. The Kier molecular flexibility index (Phi) is 5.66.